The van der Waals surface area contributed by atoms with E-state index in [4.69, 9.17) is 23.2 Å². The molecular weight excluding hydrogens is 371 g/mol. The molecular formula is C17H9BrCl2O. The van der Waals surface area contributed by atoms with Gasteiger partial charge in [-0.25, -0.2) is 0 Å². The highest BCUT2D eigenvalue weighted by molar-refractivity contribution is 9.10. The minimum absolute atomic E-state index is 0.171. The summed E-state index contributed by atoms with van der Waals surface area (Å²) in [7, 11) is 0. The highest BCUT2D eigenvalue weighted by Gasteiger charge is 2.16. The van der Waals surface area contributed by atoms with E-state index in [9.17, 15) is 4.79 Å². The van der Waals surface area contributed by atoms with Crippen molar-refractivity contribution in [3.05, 3.63) is 80.2 Å². The number of benzene rings is 3. The van der Waals surface area contributed by atoms with Crippen LogP contribution in [0.15, 0.2) is 59.1 Å². The zero-order valence-corrected chi connectivity index (χ0v) is 13.8. The van der Waals surface area contributed by atoms with Crippen LogP contribution >= 0.6 is 39.1 Å². The third-order valence-electron chi connectivity index (χ3n) is 3.25. The van der Waals surface area contributed by atoms with Crippen LogP contribution < -0.4 is 0 Å². The molecule has 0 bridgehead atoms. The SMILES string of the molecule is O=C(c1ccc2cc(Br)ccc2c1)c1c(Cl)cccc1Cl. The molecule has 0 amide bonds. The summed E-state index contributed by atoms with van der Waals surface area (Å²) < 4.78 is 1.00. The van der Waals surface area contributed by atoms with Crippen LogP contribution in [-0.2, 0) is 0 Å². The average molecular weight is 380 g/mol. The van der Waals surface area contributed by atoms with Crippen LogP contribution in [-0.4, -0.2) is 5.78 Å². The fraction of sp³-hybridized carbons (Fsp3) is 0. The fourth-order valence-corrected chi connectivity index (χ4v) is 3.16. The first-order chi connectivity index (χ1) is 10.1. The number of rotatable bonds is 2. The number of hydrogen-bond acceptors (Lipinski definition) is 1. The van der Waals surface area contributed by atoms with Crippen LogP contribution in [0.4, 0.5) is 0 Å². The molecule has 0 saturated heterocycles. The summed E-state index contributed by atoms with van der Waals surface area (Å²) in [5.41, 5.74) is 0.914. The summed E-state index contributed by atoms with van der Waals surface area (Å²) in [6.45, 7) is 0. The van der Waals surface area contributed by atoms with Crippen molar-refractivity contribution in [2.24, 2.45) is 0 Å². The fourth-order valence-electron chi connectivity index (χ4n) is 2.22. The number of carbonyl (C=O) groups is 1. The van der Waals surface area contributed by atoms with Crippen LogP contribution in [0.3, 0.4) is 0 Å². The Morgan fingerprint density at radius 3 is 2.19 bits per heavy atom. The van der Waals surface area contributed by atoms with Crippen molar-refractivity contribution in [2.75, 3.05) is 0 Å². The largest absolute Gasteiger partial charge is 0.288 e. The Morgan fingerprint density at radius 2 is 1.48 bits per heavy atom. The zero-order valence-electron chi connectivity index (χ0n) is 10.7. The van der Waals surface area contributed by atoms with Gasteiger partial charge in [-0.05, 0) is 41.1 Å². The molecule has 0 radical (unpaired) electrons. The summed E-state index contributed by atoms with van der Waals surface area (Å²) in [4.78, 5) is 12.6. The maximum absolute atomic E-state index is 12.6. The molecule has 3 aromatic rings. The normalized spacial score (nSPS) is 10.8. The molecule has 0 atom stereocenters. The number of halogens is 3. The molecule has 0 spiro atoms. The van der Waals surface area contributed by atoms with Crippen molar-refractivity contribution in [1.82, 2.24) is 0 Å². The van der Waals surface area contributed by atoms with Gasteiger partial charge in [0, 0.05) is 10.0 Å². The van der Waals surface area contributed by atoms with E-state index in [0.29, 0.717) is 21.2 Å². The second kappa shape index (κ2) is 5.80. The number of hydrogen-bond donors (Lipinski definition) is 0. The molecule has 0 saturated carbocycles. The highest BCUT2D eigenvalue weighted by atomic mass is 79.9. The summed E-state index contributed by atoms with van der Waals surface area (Å²) >= 11 is 15.6. The Hall–Kier alpha value is -1.35. The first-order valence-corrected chi connectivity index (χ1v) is 7.79. The zero-order chi connectivity index (χ0) is 15.0. The minimum Gasteiger partial charge on any atom is -0.288 e. The van der Waals surface area contributed by atoms with Crippen molar-refractivity contribution in [1.29, 1.82) is 0 Å². The second-order valence-corrected chi connectivity index (χ2v) is 6.36. The van der Waals surface area contributed by atoms with Crippen LogP contribution in [0.2, 0.25) is 10.0 Å². The van der Waals surface area contributed by atoms with Crippen molar-refractivity contribution in [3.63, 3.8) is 0 Å². The average Bonchev–Trinajstić information content (AvgIpc) is 2.46. The predicted molar refractivity (Wildman–Crippen MR) is 91.5 cm³/mol. The number of fused-ring (bicyclic) bond motifs is 1. The van der Waals surface area contributed by atoms with Gasteiger partial charge in [-0.3, -0.25) is 4.79 Å². The molecule has 3 rings (SSSR count). The summed E-state index contributed by atoms with van der Waals surface area (Å²) in [6.07, 6.45) is 0. The topological polar surface area (TPSA) is 17.1 Å². The van der Waals surface area contributed by atoms with Crippen LogP contribution in [0, 0.1) is 0 Å². The van der Waals surface area contributed by atoms with E-state index in [0.717, 1.165) is 15.2 Å². The van der Waals surface area contributed by atoms with Gasteiger partial charge in [0.25, 0.3) is 0 Å². The molecule has 0 aromatic heterocycles. The van der Waals surface area contributed by atoms with E-state index in [-0.39, 0.29) is 5.78 Å². The molecule has 0 unspecified atom stereocenters. The molecule has 0 fully saturated rings. The molecule has 21 heavy (non-hydrogen) atoms. The first kappa shape index (κ1) is 14.6. The van der Waals surface area contributed by atoms with Crippen LogP contribution in [0.5, 0.6) is 0 Å². The quantitative estimate of drug-likeness (QED) is 0.488. The van der Waals surface area contributed by atoms with Gasteiger partial charge in [-0.2, -0.15) is 0 Å². The summed E-state index contributed by atoms with van der Waals surface area (Å²) in [6, 6.07) is 16.5. The smallest absolute Gasteiger partial charge is 0.196 e. The lowest BCUT2D eigenvalue weighted by Gasteiger charge is -2.07. The Bertz CT molecular complexity index is 838. The molecule has 4 heteroatoms. The van der Waals surface area contributed by atoms with Gasteiger partial charge >= 0.3 is 0 Å². The minimum atomic E-state index is -0.171. The summed E-state index contributed by atoms with van der Waals surface area (Å²) in [5.74, 6) is -0.171. The van der Waals surface area contributed by atoms with Crippen molar-refractivity contribution < 1.29 is 4.79 Å². The number of carbonyl (C=O) groups excluding carboxylic acids is 1. The predicted octanol–water partition coefficient (Wildman–Crippen LogP) is 6.14. The molecule has 0 aliphatic rings. The third kappa shape index (κ3) is 2.84. The van der Waals surface area contributed by atoms with Crippen LogP contribution in [0.1, 0.15) is 15.9 Å². The van der Waals surface area contributed by atoms with Gasteiger partial charge in [0.05, 0.1) is 15.6 Å². The third-order valence-corrected chi connectivity index (χ3v) is 4.38. The van der Waals surface area contributed by atoms with E-state index in [2.05, 4.69) is 15.9 Å². The molecule has 1 nitrogen and oxygen atoms in total. The van der Waals surface area contributed by atoms with Gasteiger partial charge in [0.2, 0.25) is 0 Å². The molecule has 3 aromatic carbocycles. The van der Waals surface area contributed by atoms with Gasteiger partial charge in [0.15, 0.2) is 5.78 Å². The first-order valence-electron chi connectivity index (χ1n) is 6.24. The highest BCUT2D eigenvalue weighted by Crippen LogP contribution is 2.28. The van der Waals surface area contributed by atoms with Crippen LogP contribution in [0.25, 0.3) is 10.8 Å². The second-order valence-electron chi connectivity index (χ2n) is 4.63. The Kier molecular flexibility index (Phi) is 4.03. The van der Waals surface area contributed by atoms with Crippen molar-refractivity contribution in [3.8, 4) is 0 Å². The molecule has 0 heterocycles. The van der Waals surface area contributed by atoms with E-state index in [1.165, 1.54) is 0 Å². The lowest BCUT2D eigenvalue weighted by atomic mass is 10.00. The lowest BCUT2D eigenvalue weighted by Crippen LogP contribution is -2.03. The van der Waals surface area contributed by atoms with E-state index in [1.807, 2.05) is 30.3 Å². The van der Waals surface area contributed by atoms with E-state index in [1.54, 1.807) is 24.3 Å². The van der Waals surface area contributed by atoms with Crippen molar-refractivity contribution >= 4 is 55.7 Å². The molecule has 104 valence electrons. The standard InChI is InChI=1S/C17H9BrCl2O/c18-13-7-6-10-8-12(5-4-11(10)9-13)17(21)16-14(19)2-1-3-15(16)20/h1-9H. The number of ketones is 1. The molecule has 0 N–H and O–H groups in total. The maximum atomic E-state index is 12.6. The Labute approximate surface area is 140 Å². The Morgan fingerprint density at radius 1 is 0.857 bits per heavy atom. The monoisotopic (exact) mass is 378 g/mol. The van der Waals surface area contributed by atoms with Gasteiger partial charge in [-0.15, -0.1) is 0 Å². The van der Waals surface area contributed by atoms with Gasteiger partial charge in [-0.1, -0.05) is 63.4 Å². The van der Waals surface area contributed by atoms with E-state index < -0.39 is 0 Å². The summed E-state index contributed by atoms with van der Waals surface area (Å²) in [5, 5.41) is 2.78. The van der Waals surface area contributed by atoms with Crippen molar-refractivity contribution in [2.45, 2.75) is 0 Å². The lowest BCUT2D eigenvalue weighted by molar-refractivity contribution is 0.103. The van der Waals surface area contributed by atoms with Gasteiger partial charge < -0.3 is 0 Å². The molecule has 0 aliphatic heterocycles. The maximum Gasteiger partial charge on any atom is 0.196 e. The Balaban J connectivity index is 2.12. The van der Waals surface area contributed by atoms with Gasteiger partial charge in [0.1, 0.15) is 0 Å². The molecule has 0 aliphatic carbocycles. The van der Waals surface area contributed by atoms with E-state index >= 15 is 0 Å².